The van der Waals surface area contributed by atoms with Gasteiger partial charge in [0.15, 0.2) is 0 Å². The summed E-state index contributed by atoms with van der Waals surface area (Å²) in [4.78, 5) is 10.6. The second-order valence-corrected chi connectivity index (χ2v) is 3.99. The number of carbonyl (C=O) groups is 1. The van der Waals surface area contributed by atoms with Crippen molar-refractivity contribution in [2.45, 2.75) is 33.1 Å². The van der Waals surface area contributed by atoms with Gasteiger partial charge in [-0.2, -0.15) is 0 Å². The number of benzene rings is 1. The van der Waals surface area contributed by atoms with E-state index in [9.17, 15) is 9.90 Å². The van der Waals surface area contributed by atoms with E-state index < -0.39 is 5.97 Å². The summed E-state index contributed by atoms with van der Waals surface area (Å²) in [7, 11) is 0. The van der Waals surface area contributed by atoms with Gasteiger partial charge < -0.3 is 10.2 Å². The quantitative estimate of drug-likeness (QED) is 0.802. The number of phenolic OH excluding ortho intramolecular Hbond substituents is 1. The highest BCUT2D eigenvalue weighted by Gasteiger charge is 2.14. The van der Waals surface area contributed by atoms with Crippen LogP contribution in [-0.2, 0) is 4.79 Å². The summed E-state index contributed by atoms with van der Waals surface area (Å²) in [6, 6.07) is 3.54. The maximum absolute atomic E-state index is 10.6. The zero-order valence-corrected chi connectivity index (χ0v) is 9.24. The molecule has 3 nitrogen and oxygen atoms in total. The van der Waals surface area contributed by atoms with Crippen LogP contribution in [0.2, 0.25) is 0 Å². The Hall–Kier alpha value is -1.51. The minimum absolute atomic E-state index is 0.0378. The van der Waals surface area contributed by atoms with Crippen molar-refractivity contribution in [2.24, 2.45) is 0 Å². The van der Waals surface area contributed by atoms with Gasteiger partial charge in [-0.15, -0.1) is 0 Å². The van der Waals surface area contributed by atoms with Gasteiger partial charge in [0, 0.05) is 0 Å². The SMILES string of the molecule is Cc1cc(O)c(C(C)CC(=O)O)cc1C. The molecule has 15 heavy (non-hydrogen) atoms. The minimum Gasteiger partial charge on any atom is -0.508 e. The van der Waals surface area contributed by atoms with Crippen LogP contribution in [0.25, 0.3) is 0 Å². The van der Waals surface area contributed by atoms with E-state index in [-0.39, 0.29) is 18.1 Å². The molecule has 0 aliphatic carbocycles. The molecule has 82 valence electrons. The fourth-order valence-electron chi connectivity index (χ4n) is 1.59. The molecule has 0 fully saturated rings. The zero-order chi connectivity index (χ0) is 11.6. The number of aromatic hydroxyl groups is 1. The molecule has 1 rings (SSSR count). The number of hydrogen-bond acceptors (Lipinski definition) is 2. The van der Waals surface area contributed by atoms with Crippen molar-refractivity contribution in [3.05, 3.63) is 28.8 Å². The summed E-state index contributed by atoms with van der Waals surface area (Å²) in [5.41, 5.74) is 2.79. The number of aryl methyl sites for hydroxylation is 2. The molecule has 0 saturated carbocycles. The molecule has 1 aromatic rings. The van der Waals surface area contributed by atoms with Crippen molar-refractivity contribution in [2.75, 3.05) is 0 Å². The highest BCUT2D eigenvalue weighted by atomic mass is 16.4. The van der Waals surface area contributed by atoms with E-state index in [2.05, 4.69) is 0 Å². The lowest BCUT2D eigenvalue weighted by atomic mass is 9.93. The van der Waals surface area contributed by atoms with Gasteiger partial charge in [0.25, 0.3) is 0 Å². The van der Waals surface area contributed by atoms with E-state index in [1.165, 1.54) is 0 Å². The first-order valence-corrected chi connectivity index (χ1v) is 4.93. The number of carboxylic acid groups (broad SMARTS) is 1. The van der Waals surface area contributed by atoms with Crippen molar-refractivity contribution in [3.63, 3.8) is 0 Å². The number of hydrogen-bond donors (Lipinski definition) is 2. The Morgan fingerprint density at radius 2 is 1.87 bits per heavy atom. The smallest absolute Gasteiger partial charge is 0.303 e. The third-order valence-electron chi connectivity index (χ3n) is 2.65. The molecule has 0 saturated heterocycles. The largest absolute Gasteiger partial charge is 0.508 e. The van der Waals surface area contributed by atoms with E-state index in [1.54, 1.807) is 13.0 Å². The summed E-state index contributed by atoms with van der Waals surface area (Å²) in [6.45, 7) is 5.67. The third kappa shape index (κ3) is 2.72. The summed E-state index contributed by atoms with van der Waals surface area (Å²) < 4.78 is 0. The Balaban J connectivity index is 3.03. The average Bonchev–Trinajstić information content (AvgIpc) is 2.09. The minimum atomic E-state index is -0.847. The van der Waals surface area contributed by atoms with E-state index >= 15 is 0 Å². The van der Waals surface area contributed by atoms with Crippen LogP contribution < -0.4 is 0 Å². The molecule has 0 spiro atoms. The van der Waals surface area contributed by atoms with E-state index in [4.69, 9.17) is 5.11 Å². The first-order chi connectivity index (χ1) is 6.91. The van der Waals surface area contributed by atoms with E-state index in [1.807, 2.05) is 19.9 Å². The molecule has 1 aromatic carbocycles. The summed E-state index contributed by atoms with van der Waals surface area (Å²) in [6.07, 6.45) is 0.0378. The lowest BCUT2D eigenvalue weighted by molar-refractivity contribution is -0.137. The molecule has 0 radical (unpaired) electrons. The van der Waals surface area contributed by atoms with Crippen LogP contribution in [0.5, 0.6) is 5.75 Å². The van der Waals surface area contributed by atoms with Gasteiger partial charge in [-0.3, -0.25) is 4.79 Å². The Kier molecular flexibility index (Phi) is 3.35. The Morgan fingerprint density at radius 1 is 1.33 bits per heavy atom. The first-order valence-electron chi connectivity index (χ1n) is 4.93. The van der Waals surface area contributed by atoms with Crippen LogP contribution >= 0.6 is 0 Å². The zero-order valence-electron chi connectivity index (χ0n) is 9.24. The molecule has 3 heteroatoms. The molecular weight excluding hydrogens is 192 g/mol. The average molecular weight is 208 g/mol. The molecule has 0 aliphatic rings. The maximum atomic E-state index is 10.6. The van der Waals surface area contributed by atoms with Crippen LogP contribution in [0.4, 0.5) is 0 Å². The molecule has 0 aliphatic heterocycles. The van der Waals surface area contributed by atoms with Gasteiger partial charge in [0.1, 0.15) is 5.75 Å². The molecular formula is C12H16O3. The Labute approximate surface area is 89.4 Å². The number of carboxylic acids is 1. The fourth-order valence-corrected chi connectivity index (χ4v) is 1.59. The van der Waals surface area contributed by atoms with Gasteiger partial charge >= 0.3 is 5.97 Å². The predicted octanol–water partition coefficient (Wildman–Crippen LogP) is 2.59. The number of rotatable bonds is 3. The van der Waals surface area contributed by atoms with E-state index in [0.717, 1.165) is 11.1 Å². The lowest BCUT2D eigenvalue weighted by Crippen LogP contribution is -2.03. The molecule has 0 amide bonds. The van der Waals surface area contributed by atoms with E-state index in [0.29, 0.717) is 5.56 Å². The van der Waals surface area contributed by atoms with Crippen molar-refractivity contribution in [1.29, 1.82) is 0 Å². The summed E-state index contributed by atoms with van der Waals surface area (Å²) in [5, 5.41) is 18.4. The van der Waals surface area contributed by atoms with Gasteiger partial charge in [-0.1, -0.05) is 13.0 Å². The molecule has 2 N–H and O–H groups in total. The van der Waals surface area contributed by atoms with Crippen LogP contribution in [0.3, 0.4) is 0 Å². The van der Waals surface area contributed by atoms with Gasteiger partial charge in [0.2, 0.25) is 0 Å². The standard InChI is InChI=1S/C12H16O3/c1-7-4-10(9(3)6-12(14)15)11(13)5-8(7)2/h4-5,9,13H,6H2,1-3H3,(H,14,15). The maximum Gasteiger partial charge on any atom is 0.303 e. The summed E-state index contributed by atoms with van der Waals surface area (Å²) >= 11 is 0. The second-order valence-electron chi connectivity index (χ2n) is 3.99. The normalized spacial score (nSPS) is 12.5. The van der Waals surface area contributed by atoms with Crippen molar-refractivity contribution < 1.29 is 15.0 Å². The molecule has 1 atom stereocenters. The lowest BCUT2D eigenvalue weighted by Gasteiger charge is -2.13. The molecule has 0 bridgehead atoms. The fraction of sp³-hybridized carbons (Fsp3) is 0.417. The predicted molar refractivity (Wildman–Crippen MR) is 58.2 cm³/mol. The van der Waals surface area contributed by atoms with Gasteiger partial charge in [0.05, 0.1) is 6.42 Å². The van der Waals surface area contributed by atoms with Gasteiger partial charge in [-0.05, 0) is 42.5 Å². The highest BCUT2D eigenvalue weighted by Crippen LogP contribution is 2.30. The number of aliphatic carboxylic acids is 1. The Morgan fingerprint density at radius 3 is 2.40 bits per heavy atom. The van der Waals surface area contributed by atoms with Crippen LogP contribution in [-0.4, -0.2) is 16.2 Å². The second kappa shape index (κ2) is 4.34. The van der Waals surface area contributed by atoms with Crippen LogP contribution in [0.15, 0.2) is 12.1 Å². The Bertz CT molecular complexity index is 383. The molecule has 0 aromatic heterocycles. The van der Waals surface area contributed by atoms with Gasteiger partial charge in [-0.25, -0.2) is 0 Å². The van der Waals surface area contributed by atoms with Crippen molar-refractivity contribution in [1.82, 2.24) is 0 Å². The monoisotopic (exact) mass is 208 g/mol. The summed E-state index contributed by atoms with van der Waals surface area (Å²) in [5.74, 6) is -0.825. The third-order valence-corrected chi connectivity index (χ3v) is 2.65. The molecule has 0 heterocycles. The number of phenols is 1. The molecule has 1 unspecified atom stereocenters. The van der Waals surface area contributed by atoms with Crippen molar-refractivity contribution >= 4 is 5.97 Å². The topological polar surface area (TPSA) is 57.5 Å². The first kappa shape index (κ1) is 11.6. The van der Waals surface area contributed by atoms with Crippen molar-refractivity contribution in [3.8, 4) is 5.75 Å². The highest BCUT2D eigenvalue weighted by molar-refractivity contribution is 5.68. The van der Waals surface area contributed by atoms with Crippen LogP contribution in [0, 0.1) is 13.8 Å². The van der Waals surface area contributed by atoms with Crippen LogP contribution in [0.1, 0.15) is 36.0 Å².